The van der Waals surface area contributed by atoms with Gasteiger partial charge in [0.1, 0.15) is 12.4 Å². The van der Waals surface area contributed by atoms with E-state index in [9.17, 15) is 4.79 Å². The van der Waals surface area contributed by atoms with Gasteiger partial charge in [0.15, 0.2) is 11.5 Å². The number of piperidine rings is 1. The SMILES string of the molecule is Cc1ccc2c(c1)-c1onc(C(=O)N3CC(C)CC(C)C3)c1CO2. The Hall–Kier alpha value is -2.30. The Balaban J connectivity index is 1.68. The van der Waals surface area contributed by atoms with Crippen LogP contribution < -0.4 is 4.74 Å². The van der Waals surface area contributed by atoms with E-state index < -0.39 is 0 Å². The molecule has 2 aliphatic heterocycles. The average molecular weight is 326 g/mol. The number of carbonyl (C=O) groups excluding carboxylic acids is 1. The minimum absolute atomic E-state index is 0.0434. The lowest BCUT2D eigenvalue weighted by molar-refractivity contribution is 0.0610. The summed E-state index contributed by atoms with van der Waals surface area (Å²) in [7, 11) is 0. The van der Waals surface area contributed by atoms with Gasteiger partial charge in [-0.2, -0.15) is 0 Å². The van der Waals surface area contributed by atoms with Crippen molar-refractivity contribution >= 4 is 5.91 Å². The standard InChI is InChI=1S/C19H22N2O3/c1-11-4-5-16-14(7-11)18-15(10-23-16)17(20-24-18)19(22)21-8-12(2)6-13(3)9-21/h4-5,7,12-13H,6,8-10H2,1-3H3. The first-order valence-corrected chi connectivity index (χ1v) is 8.54. The molecule has 2 atom stereocenters. The molecule has 1 aromatic carbocycles. The number of amides is 1. The minimum atomic E-state index is -0.0434. The van der Waals surface area contributed by atoms with Crippen LogP contribution in [0.1, 0.15) is 41.9 Å². The van der Waals surface area contributed by atoms with Gasteiger partial charge in [-0.25, -0.2) is 0 Å². The molecule has 1 fully saturated rings. The number of carbonyl (C=O) groups is 1. The summed E-state index contributed by atoms with van der Waals surface area (Å²) in [5, 5.41) is 4.11. The van der Waals surface area contributed by atoms with Crippen LogP contribution in [0.2, 0.25) is 0 Å². The largest absolute Gasteiger partial charge is 0.488 e. The van der Waals surface area contributed by atoms with E-state index in [2.05, 4.69) is 19.0 Å². The summed E-state index contributed by atoms with van der Waals surface area (Å²) < 4.78 is 11.4. The van der Waals surface area contributed by atoms with Crippen molar-refractivity contribution in [1.82, 2.24) is 10.1 Å². The molecule has 0 bridgehead atoms. The van der Waals surface area contributed by atoms with E-state index in [0.717, 1.165) is 42.0 Å². The van der Waals surface area contributed by atoms with Crippen LogP contribution in [-0.4, -0.2) is 29.1 Å². The number of ether oxygens (including phenoxy) is 1. The van der Waals surface area contributed by atoms with Gasteiger partial charge in [0.05, 0.1) is 11.1 Å². The summed E-state index contributed by atoms with van der Waals surface area (Å²) >= 11 is 0. The average Bonchev–Trinajstić information content (AvgIpc) is 2.97. The second kappa shape index (κ2) is 5.65. The van der Waals surface area contributed by atoms with Crippen molar-refractivity contribution in [2.75, 3.05) is 13.1 Å². The molecule has 24 heavy (non-hydrogen) atoms. The Morgan fingerprint density at radius 3 is 2.75 bits per heavy atom. The number of fused-ring (bicyclic) bond motifs is 3. The smallest absolute Gasteiger partial charge is 0.276 e. The number of aromatic nitrogens is 1. The number of aryl methyl sites for hydroxylation is 1. The quantitative estimate of drug-likeness (QED) is 0.802. The molecule has 3 heterocycles. The highest BCUT2D eigenvalue weighted by Gasteiger charge is 2.33. The van der Waals surface area contributed by atoms with Crippen molar-refractivity contribution in [3.05, 3.63) is 35.0 Å². The maximum atomic E-state index is 13.0. The van der Waals surface area contributed by atoms with E-state index in [1.54, 1.807) is 0 Å². The van der Waals surface area contributed by atoms with Crippen LogP contribution in [0.3, 0.4) is 0 Å². The van der Waals surface area contributed by atoms with E-state index in [1.807, 2.05) is 30.0 Å². The summed E-state index contributed by atoms with van der Waals surface area (Å²) in [6.07, 6.45) is 1.16. The molecule has 5 heteroatoms. The number of likely N-dealkylation sites (tertiary alicyclic amines) is 1. The second-order valence-corrected chi connectivity index (χ2v) is 7.28. The molecule has 0 saturated carbocycles. The molecule has 2 unspecified atom stereocenters. The van der Waals surface area contributed by atoms with E-state index in [-0.39, 0.29) is 5.91 Å². The Bertz CT molecular complexity index is 786. The van der Waals surface area contributed by atoms with Crippen LogP contribution in [0.5, 0.6) is 5.75 Å². The van der Waals surface area contributed by atoms with E-state index >= 15 is 0 Å². The maximum Gasteiger partial charge on any atom is 0.276 e. The van der Waals surface area contributed by atoms with Gasteiger partial charge in [-0.1, -0.05) is 30.6 Å². The normalized spacial score (nSPS) is 22.5. The summed E-state index contributed by atoms with van der Waals surface area (Å²) in [6, 6.07) is 5.95. The molecular formula is C19H22N2O3. The molecule has 0 spiro atoms. The fourth-order valence-electron chi connectivity index (χ4n) is 3.90. The topological polar surface area (TPSA) is 55.6 Å². The lowest BCUT2D eigenvalue weighted by Gasteiger charge is -2.34. The van der Waals surface area contributed by atoms with Gasteiger partial charge in [-0.3, -0.25) is 4.79 Å². The molecule has 126 valence electrons. The molecule has 0 radical (unpaired) electrons. The van der Waals surface area contributed by atoms with Gasteiger partial charge < -0.3 is 14.2 Å². The molecule has 2 aromatic rings. The fourth-order valence-corrected chi connectivity index (χ4v) is 3.90. The summed E-state index contributed by atoms with van der Waals surface area (Å²) in [6.45, 7) is 8.29. The summed E-state index contributed by atoms with van der Waals surface area (Å²) in [4.78, 5) is 14.9. The van der Waals surface area contributed by atoms with Gasteiger partial charge in [-0.15, -0.1) is 0 Å². The third-order valence-electron chi connectivity index (χ3n) is 4.90. The Labute approximate surface area is 141 Å². The molecule has 1 aromatic heterocycles. The van der Waals surface area contributed by atoms with Crippen molar-refractivity contribution in [3.8, 4) is 17.1 Å². The maximum absolute atomic E-state index is 13.0. The Morgan fingerprint density at radius 1 is 1.25 bits per heavy atom. The molecule has 5 nitrogen and oxygen atoms in total. The third-order valence-corrected chi connectivity index (χ3v) is 4.90. The molecule has 0 N–H and O–H groups in total. The highest BCUT2D eigenvalue weighted by Crippen LogP contribution is 2.39. The van der Waals surface area contributed by atoms with Crippen LogP contribution in [0.15, 0.2) is 22.7 Å². The number of hydrogen-bond acceptors (Lipinski definition) is 4. The first-order chi connectivity index (χ1) is 11.5. The van der Waals surface area contributed by atoms with Gasteiger partial charge >= 0.3 is 0 Å². The summed E-state index contributed by atoms with van der Waals surface area (Å²) in [5.41, 5.74) is 3.17. The number of rotatable bonds is 1. The van der Waals surface area contributed by atoms with Crippen LogP contribution in [0.4, 0.5) is 0 Å². The lowest BCUT2D eigenvalue weighted by atomic mass is 9.91. The number of hydrogen-bond donors (Lipinski definition) is 0. The Kier molecular flexibility index (Phi) is 3.59. The van der Waals surface area contributed by atoms with Crippen molar-refractivity contribution < 1.29 is 14.1 Å². The van der Waals surface area contributed by atoms with Crippen molar-refractivity contribution in [1.29, 1.82) is 0 Å². The van der Waals surface area contributed by atoms with Crippen molar-refractivity contribution in [2.24, 2.45) is 11.8 Å². The van der Waals surface area contributed by atoms with Gasteiger partial charge in [0.2, 0.25) is 0 Å². The fraction of sp³-hybridized carbons (Fsp3) is 0.474. The van der Waals surface area contributed by atoms with Crippen LogP contribution in [-0.2, 0) is 6.61 Å². The highest BCUT2D eigenvalue weighted by atomic mass is 16.5. The van der Waals surface area contributed by atoms with Crippen LogP contribution >= 0.6 is 0 Å². The van der Waals surface area contributed by atoms with Crippen molar-refractivity contribution in [3.63, 3.8) is 0 Å². The van der Waals surface area contributed by atoms with Gasteiger partial charge in [0, 0.05) is 13.1 Å². The minimum Gasteiger partial charge on any atom is -0.488 e. The molecule has 2 aliphatic rings. The monoisotopic (exact) mass is 326 g/mol. The van der Waals surface area contributed by atoms with Crippen molar-refractivity contribution in [2.45, 2.75) is 33.8 Å². The Morgan fingerprint density at radius 2 is 2.00 bits per heavy atom. The first kappa shape index (κ1) is 15.2. The van der Waals surface area contributed by atoms with Gasteiger partial charge in [0.25, 0.3) is 5.91 Å². The molecule has 1 amide bonds. The molecule has 1 saturated heterocycles. The van der Waals surface area contributed by atoms with Crippen LogP contribution in [0, 0.1) is 18.8 Å². The zero-order valence-electron chi connectivity index (χ0n) is 14.3. The number of nitrogens with zero attached hydrogens (tertiary/aromatic N) is 2. The van der Waals surface area contributed by atoms with E-state index in [1.165, 1.54) is 0 Å². The van der Waals surface area contributed by atoms with E-state index in [0.29, 0.717) is 29.9 Å². The van der Waals surface area contributed by atoms with Gasteiger partial charge in [-0.05, 0) is 37.3 Å². The molecular weight excluding hydrogens is 304 g/mol. The zero-order valence-corrected chi connectivity index (χ0v) is 14.3. The zero-order chi connectivity index (χ0) is 16.8. The highest BCUT2D eigenvalue weighted by molar-refractivity contribution is 5.95. The predicted octanol–water partition coefficient (Wildman–Crippen LogP) is 3.66. The predicted molar refractivity (Wildman–Crippen MR) is 89.9 cm³/mol. The third kappa shape index (κ3) is 2.48. The molecule has 0 aliphatic carbocycles. The lowest BCUT2D eigenvalue weighted by Crippen LogP contribution is -2.43. The van der Waals surface area contributed by atoms with E-state index in [4.69, 9.17) is 9.26 Å². The molecule has 4 rings (SSSR count). The second-order valence-electron chi connectivity index (χ2n) is 7.28. The first-order valence-electron chi connectivity index (χ1n) is 8.54. The number of benzene rings is 1. The summed E-state index contributed by atoms with van der Waals surface area (Å²) in [5.74, 6) is 2.43. The van der Waals surface area contributed by atoms with Crippen LogP contribution in [0.25, 0.3) is 11.3 Å².